The van der Waals surface area contributed by atoms with E-state index in [2.05, 4.69) is 0 Å². The van der Waals surface area contributed by atoms with Crippen LogP contribution in [0.2, 0.25) is 10.0 Å². The van der Waals surface area contributed by atoms with Crippen LogP contribution in [0.3, 0.4) is 0 Å². The molecule has 0 saturated heterocycles. The molecule has 76 valence electrons. The first-order valence-corrected chi connectivity index (χ1v) is 5.23. The average Bonchev–Trinajstić information content (AvgIpc) is 2.02. The number of carboxylic acid groups (broad SMARTS) is 1. The minimum absolute atomic E-state index is 0.0869. The first-order valence-electron chi connectivity index (χ1n) is 3.30. The van der Waals surface area contributed by atoms with Gasteiger partial charge in [0.15, 0.2) is 10.7 Å². The third-order valence-electron chi connectivity index (χ3n) is 1.46. The number of rotatable bonds is 2. The maximum absolute atomic E-state index is 10.6. The van der Waals surface area contributed by atoms with Crippen molar-refractivity contribution < 1.29 is 18.3 Å². The number of halogens is 2. The second-order valence-electron chi connectivity index (χ2n) is 2.35. The molecule has 0 heterocycles. The largest absolute Gasteiger partial charge is 0.478 e. The lowest BCUT2D eigenvalue weighted by Gasteiger charge is -2.01. The molecule has 0 amide bonds. The Labute approximate surface area is 91.0 Å². The average molecular weight is 255 g/mol. The van der Waals surface area contributed by atoms with Gasteiger partial charge in [-0.3, -0.25) is 0 Å². The second kappa shape index (κ2) is 4.16. The van der Waals surface area contributed by atoms with Crippen molar-refractivity contribution >= 4 is 39.9 Å². The summed E-state index contributed by atoms with van der Waals surface area (Å²) in [5.41, 5.74) is -0.287. The van der Waals surface area contributed by atoms with Gasteiger partial charge in [0.1, 0.15) is 0 Å². The van der Waals surface area contributed by atoms with Crippen LogP contribution in [0, 0.1) is 0 Å². The van der Waals surface area contributed by atoms with Gasteiger partial charge >= 0.3 is 5.97 Å². The Morgan fingerprint density at radius 1 is 1.21 bits per heavy atom. The van der Waals surface area contributed by atoms with E-state index in [9.17, 15) is 13.2 Å². The molecule has 0 unspecified atom stereocenters. The molecule has 0 atom stereocenters. The SMILES string of the molecule is O=C(O)c1cc([SH](=O)=O)c(Cl)cc1Cl. The summed E-state index contributed by atoms with van der Waals surface area (Å²) >= 11 is 11.1. The zero-order valence-electron chi connectivity index (χ0n) is 6.53. The Kier molecular flexibility index (Phi) is 3.36. The Hall–Kier alpha value is -0.780. The van der Waals surface area contributed by atoms with E-state index in [0.29, 0.717) is 0 Å². The smallest absolute Gasteiger partial charge is 0.337 e. The zero-order chi connectivity index (χ0) is 10.9. The van der Waals surface area contributed by atoms with Crippen LogP contribution in [-0.4, -0.2) is 19.5 Å². The van der Waals surface area contributed by atoms with Gasteiger partial charge in [-0.1, -0.05) is 23.2 Å². The Morgan fingerprint density at radius 3 is 2.21 bits per heavy atom. The van der Waals surface area contributed by atoms with Crippen molar-refractivity contribution in [2.75, 3.05) is 0 Å². The number of hydrogen-bond acceptors (Lipinski definition) is 3. The molecule has 0 aliphatic heterocycles. The second-order valence-corrected chi connectivity index (χ2v) is 4.16. The van der Waals surface area contributed by atoms with Gasteiger partial charge in [-0.15, -0.1) is 0 Å². The van der Waals surface area contributed by atoms with Gasteiger partial charge in [-0.05, 0) is 12.1 Å². The van der Waals surface area contributed by atoms with Crippen molar-refractivity contribution in [1.29, 1.82) is 0 Å². The van der Waals surface area contributed by atoms with E-state index in [-0.39, 0.29) is 20.5 Å². The molecule has 0 aromatic heterocycles. The molecular weight excluding hydrogens is 251 g/mol. The number of aromatic carboxylic acids is 1. The molecule has 0 saturated carbocycles. The first kappa shape index (κ1) is 11.3. The summed E-state index contributed by atoms with van der Waals surface area (Å²) in [5, 5.41) is 8.46. The monoisotopic (exact) mass is 254 g/mol. The molecule has 0 fully saturated rings. The molecule has 4 nitrogen and oxygen atoms in total. The minimum atomic E-state index is -2.92. The van der Waals surface area contributed by atoms with Crippen molar-refractivity contribution in [1.82, 2.24) is 0 Å². The van der Waals surface area contributed by atoms with Crippen LogP contribution in [0.5, 0.6) is 0 Å². The Balaban J connectivity index is 3.50. The molecule has 0 bridgehead atoms. The summed E-state index contributed by atoms with van der Waals surface area (Å²) in [6.07, 6.45) is 0. The summed E-state index contributed by atoms with van der Waals surface area (Å²) in [6, 6.07) is 2.02. The van der Waals surface area contributed by atoms with Gasteiger partial charge in [-0.25, -0.2) is 13.2 Å². The van der Waals surface area contributed by atoms with Crippen LogP contribution in [0.25, 0.3) is 0 Å². The van der Waals surface area contributed by atoms with Crippen LogP contribution in [0.1, 0.15) is 10.4 Å². The van der Waals surface area contributed by atoms with Crippen molar-refractivity contribution in [3.63, 3.8) is 0 Å². The third-order valence-corrected chi connectivity index (χ3v) is 2.98. The molecule has 1 aromatic rings. The number of benzene rings is 1. The van der Waals surface area contributed by atoms with Crippen molar-refractivity contribution in [3.8, 4) is 0 Å². The van der Waals surface area contributed by atoms with Crippen LogP contribution < -0.4 is 0 Å². The van der Waals surface area contributed by atoms with Gasteiger partial charge in [0.25, 0.3) is 0 Å². The van der Waals surface area contributed by atoms with Crippen molar-refractivity contribution in [2.24, 2.45) is 0 Å². The fraction of sp³-hybridized carbons (Fsp3) is 0. The number of hydrogen-bond donors (Lipinski definition) is 2. The Morgan fingerprint density at radius 2 is 1.79 bits per heavy atom. The van der Waals surface area contributed by atoms with E-state index in [1.807, 2.05) is 0 Å². The topological polar surface area (TPSA) is 71.4 Å². The third kappa shape index (κ3) is 2.17. The van der Waals surface area contributed by atoms with Crippen molar-refractivity contribution in [2.45, 2.75) is 4.90 Å². The zero-order valence-corrected chi connectivity index (χ0v) is 8.94. The van der Waals surface area contributed by atoms with Crippen LogP contribution >= 0.6 is 23.2 Å². The van der Waals surface area contributed by atoms with Gasteiger partial charge in [0.05, 0.1) is 20.5 Å². The fourth-order valence-electron chi connectivity index (χ4n) is 0.841. The quantitative estimate of drug-likeness (QED) is 0.788. The minimum Gasteiger partial charge on any atom is -0.478 e. The van der Waals surface area contributed by atoms with Crippen LogP contribution in [-0.2, 0) is 10.7 Å². The highest BCUT2D eigenvalue weighted by Crippen LogP contribution is 2.26. The summed E-state index contributed by atoms with van der Waals surface area (Å²) in [4.78, 5) is 10.3. The van der Waals surface area contributed by atoms with Crippen LogP contribution in [0.15, 0.2) is 17.0 Å². The first-order chi connectivity index (χ1) is 6.43. The predicted octanol–water partition coefficient (Wildman–Crippen LogP) is 1.66. The maximum atomic E-state index is 10.6. The highest BCUT2D eigenvalue weighted by atomic mass is 35.5. The number of carbonyl (C=O) groups is 1. The molecular formula is C7H4Cl2O4S. The Bertz CT molecular complexity index is 459. The van der Waals surface area contributed by atoms with Gasteiger partial charge in [-0.2, -0.15) is 0 Å². The van der Waals surface area contributed by atoms with Gasteiger partial charge in [0.2, 0.25) is 0 Å². The van der Waals surface area contributed by atoms with E-state index in [1.165, 1.54) is 0 Å². The molecule has 1 aromatic carbocycles. The molecule has 14 heavy (non-hydrogen) atoms. The fourth-order valence-corrected chi connectivity index (χ4v) is 1.99. The molecule has 0 radical (unpaired) electrons. The lowest BCUT2D eigenvalue weighted by Crippen LogP contribution is -1.99. The number of carboxylic acids is 1. The highest BCUT2D eigenvalue weighted by Gasteiger charge is 2.13. The number of thiol groups is 1. The van der Waals surface area contributed by atoms with E-state index < -0.39 is 16.7 Å². The van der Waals surface area contributed by atoms with E-state index in [0.717, 1.165) is 12.1 Å². The standard InChI is InChI=1S/C7H4Cl2O4S/c8-4-2-5(9)6(14(12)13)1-3(4)7(10)11/h1-2,14H,(H,10,11). The molecule has 0 aliphatic rings. The van der Waals surface area contributed by atoms with Gasteiger partial charge in [0, 0.05) is 0 Å². The maximum Gasteiger partial charge on any atom is 0.337 e. The van der Waals surface area contributed by atoms with Crippen molar-refractivity contribution in [3.05, 3.63) is 27.7 Å². The lowest BCUT2D eigenvalue weighted by molar-refractivity contribution is 0.0697. The molecule has 0 aliphatic carbocycles. The van der Waals surface area contributed by atoms with Crippen LogP contribution in [0.4, 0.5) is 0 Å². The lowest BCUT2D eigenvalue weighted by atomic mass is 10.2. The highest BCUT2D eigenvalue weighted by molar-refractivity contribution is 7.72. The van der Waals surface area contributed by atoms with E-state index in [4.69, 9.17) is 28.3 Å². The van der Waals surface area contributed by atoms with E-state index >= 15 is 0 Å². The molecule has 0 spiro atoms. The normalized spacial score (nSPS) is 10.5. The summed E-state index contributed by atoms with van der Waals surface area (Å²) < 4.78 is 21.2. The summed E-state index contributed by atoms with van der Waals surface area (Å²) in [6.45, 7) is 0. The molecule has 1 rings (SSSR count). The van der Waals surface area contributed by atoms with Gasteiger partial charge < -0.3 is 5.11 Å². The van der Waals surface area contributed by atoms with E-state index in [1.54, 1.807) is 0 Å². The predicted molar refractivity (Wildman–Crippen MR) is 52.0 cm³/mol. The molecule has 1 N–H and O–H groups in total. The molecule has 7 heteroatoms. The summed E-state index contributed by atoms with van der Waals surface area (Å²) in [7, 11) is -2.92. The summed E-state index contributed by atoms with van der Waals surface area (Å²) in [5.74, 6) is -1.30.